The summed E-state index contributed by atoms with van der Waals surface area (Å²) in [4.78, 5) is 5.70. The van der Waals surface area contributed by atoms with Crippen LogP contribution < -0.4 is 0 Å². The molecule has 256 valence electrons. The molecule has 0 N–H and O–H groups in total. The summed E-state index contributed by atoms with van der Waals surface area (Å²) in [6.07, 6.45) is 7.16. The van der Waals surface area contributed by atoms with Crippen molar-refractivity contribution in [3.05, 3.63) is 164 Å². The maximum absolute atomic E-state index is 13.2. The predicted molar refractivity (Wildman–Crippen MR) is 217 cm³/mol. The quantitative estimate of drug-likeness (QED) is 0.173. The number of pyridine rings is 1. The van der Waals surface area contributed by atoms with Crippen molar-refractivity contribution in [2.75, 3.05) is 0 Å². The lowest BCUT2D eigenvalue weighted by molar-refractivity contribution is 0.596. The van der Waals surface area contributed by atoms with Gasteiger partial charge in [0.1, 0.15) is 5.82 Å². The van der Waals surface area contributed by atoms with Gasteiger partial charge in [-0.15, -0.1) is 0 Å². The molecular formula is C47H35N3O2S. The Bertz CT molecular complexity index is 3010. The van der Waals surface area contributed by atoms with Crippen LogP contribution in [0.3, 0.4) is 0 Å². The fourth-order valence-electron chi connectivity index (χ4n) is 8.13. The molecule has 1 aliphatic rings. The number of fused-ring (bicyclic) bond motifs is 6. The number of para-hydroxylation sites is 2. The van der Waals surface area contributed by atoms with Gasteiger partial charge in [0.2, 0.25) is 9.84 Å². The van der Waals surface area contributed by atoms with Gasteiger partial charge in [-0.25, -0.2) is 13.4 Å². The first kappa shape index (κ1) is 31.5. The maximum atomic E-state index is 13.2. The molecule has 6 aromatic carbocycles. The highest BCUT2D eigenvalue weighted by atomic mass is 32.2. The molecule has 0 bridgehead atoms. The molecule has 0 radical (unpaired) electrons. The van der Waals surface area contributed by atoms with E-state index in [1.54, 1.807) is 36.4 Å². The number of hydrogen-bond donors (Lipinski definition) is 0. The minimum atomic E-state index is -3.61. The van der Waals surface area contributed by atoms with Crippen molar-refractivity contribution in [3.63, 3.8) is 0 Å². The van der Waals surface area contributed by atoms with Gasteiger partial charge in [0, 0.05) is 32.8 Å². The minimum Gasteiger partial charge on any atom is -0.313 e. The highest BCUT2D eigenvalue weighted by Gasteiger charge is 2.20. The lowest BCUT2D eigenvalue weighted by Crippen LogP contribution is -2.02. The Morgan fingerprint density at radius 3 is 1.87 bits per heavy atom. The minimum absolute atomic E-state index is 0.257. The van der Waals surface area contributed by atoms with E-state index in [1.807, 2.05) is 36.4 Å². The Morgan fingerprint density at radius 1 is 0.472 bits per heavy atom. The van der Waals surface area contributed by atoms with E-state index in [9.17, 15) is 8.42 Å². The lowest BCUT2D eigenvalue weighted by Gasteiger charge is -2.16. The van der Waals surface area contributed by atoms with Crippen LogP contribution in [-0.4, -0.2) is 22.5 Å². The second kappa shape index (κ2) is 12.5. The molecule has 0 atom stereocenters. The predicted octanol–water partition coefficient (Wildman–Crippen LogP) is 11.9. The van der Waals surface area contributed by atoms with Gasteiger partial charge in [-0.1, -0.05) is 97.1 Å². The van der Waals surface area contributed by atoms with Crippen molar-refractivity contribution in [2.24, 2.45) is 0 Å². The summed E-state index contributed by atoms with van der Waals surface area (Å²) in [5, 5.41) is 4.87. The molecule has 5 nitrogen and oxygen atoms in total. The van der Waals surface area contributed by atoms with E-state index >= 15 is 0 Å². The fourth-order valence-corrected chi connectivity index (χ4v) is 9.41. The average molecular weight is 706 g/mol. The van der Waals surface area contributed by atoms with Crippen molar-refractivity contribution in [2.45, 2.75) is 35.5 Å². The Labute approximate surface area is 308 Å². The first-order valence-corrected chi connectivity index (χ1v) is 19.7. The highest BCUT2D eigenvalue weighted by Crippen LogP contribution is 2.39. The van der Waals surface area contributed by atoms with Gasteiger partial charge < -0.3 is 4.57 Å². The number of nitrogens with zero attached hydrogens (tertiary/aromatic N) is 3. The fraction of sp³-hybridized carbons (Fsp3) is 0.0851. The van der Waals surface area contributed by atoms with Gasteiger partial charge in [-0.2, -0.15) is 0 Å². The SMILES string of the molecule is O=S(=O)(c1ccccc1)c1ccc(-c2cccc(-n3c4ccccc4c4ccc(-c5ccc6c(c5)c5ccccc5n6C5=CCCCC5)cc43)n2)cc1. The van der Waals surface area contributed by atoms with Crippen LogP contribution in [0.15, 0.2) is 174 Å². The summed E-state index contributed by atoms with van der Waals surface area (Å²) in [6, 6.07) is 52.5. The zero-order valence-electron chi connectivity index (χ0n) is 29.0. The third-order valence-corrected chi connectivity index (χ3v) is 12.5. The van der Waals surface area contributed by atoms with Crippen molar-refractivity contribution in [3.8, 4) is 28.2 Å². The van der Waals surface area contributed by atoms with Gasteiger partial charge in [0.05, 0.1) is 37.6 Å². The van der Waals surface area contributed by atoms with Crippen LogP contribution in [0.4, 0.5) is 0 Å². The van der Waals surface area contributed by atoms with Gasteiger partial charge in [-0.3, -0.25) is 4.57 Å². The molecule has 0 saturated heterocycles. The van der Waals surface area contributed by atoms with E-state index in [2.05, 4.69) is 100 Å². The van der Waals surface area contributed by atoms with Crippen LogP contribution in [0, 0.1) is 0 Å². The Morgan fingerprint density at radius 2 is 1.09 bits per heavy atom. The van der Waals surface area contributed by atoms with E-state index in [-0.39, 0.29) is 9.79 Å². The first-order chi connectivity index (χ1) is 26.0. The molecule has 53 heavy (non-hydrogen) atoms. The summed E-state index contributed by atoms with van der Waals surface area (Å²) in [6.45, 7) is 0. The number of rotatable bonds is 6. The Hall–Kier alpha value is -6.24. The molecule has 1 aliphatic carbocycles. The molecule has 0 unspecified atom stereocenters. The number of aromatic nitrogens is 3. The summed E-state index contributed by atoms with van der Waals surface area (Å²) >= 11 is 0. The van der Waals surface area contributed by atoms with Crippen molar-refractivity contribution in [1.29, 1.82) is 0 Å². The third kappa shape index (κ3) is 5.20. The van der Waals surface area contributed by atoms with E-state index in [0.29, 0.717) is 0 Å². The van der Waals surface area contributed by atoms with Crippen LogP contribution >= 0.6 is 0 Å². The molecule has 3 heterocycles. The zero-order valence-corrected chi connectivity index (χ0v) is 29.8. The average Bonchev–Trinajstić information content (AvgIpc) is 3.74. The molecule has 0 spiro atoms. The molecule has 3 aromatic heterocycles. The highest BCUT2D eigenvalue weighted by molar-refractivity contribution is 7.91. The molecule has 0 amide bonds. The van der Waals surface area contributed by atoms with E-state index < -0.39 is 9.84 Å². The second-order valence-corrected chi connectivity index (χ2v) is 15.8. The normalized spacial score (nSPS) is 13.6. The van der Waals surface area contributed by atoms with Crippen molar-refractivity contribution in [1.82, 2.24) is 14.1 Å². The smallest absolute Gasteiger partial charge is 0.206 e. The topological polar surface area (TPSA) is 56.9 Å². The summed E-state index contributed by atoms with van der Waals surface area (Å²) in [5.41, 5.74) is 10.0. The largest absolute Gasteiger partial charge is 0.313 e. The summed E-state index contributed by atoms with van der Waals surface area (Å²) in [7, 11) is -3.61. The maximum Gasteiger partial charge on any atom is 0.206 e. The Kier molecular flexibility index (Phi) is 7.41. The van der Waals surface area contributed by atoms with Crippen LogP contribution in [0.5, 0.6) is 0 Å². The standard InChI is InChI=1S/C47H35N3O2S/c51-53(52,36-14-5-2-6-15-36)37-26-22-32(23-27-37)42-18-11-21-47(48-42)50-44-20-10-7-16-38(44)40-28-24-34(31-46(40)50)33-25-29-45-41(30-33)39-17-8-9-19-43(39)49(45)35-12-3-1-4-13-35/h2,5-12,14-31H,1,3-4,13H2. The molecule has 0 fully saturated rings. The molecule has 0 saturated carbocycles. The molecule has 6 heteroatoms. The summed E-state index contributed by atoms with van der Waals surface area (Å²) in [5.74, 6) is 0.797. The number of sulfone groups is 1. The van der Waals surface area contributed by atoms with Crippen LogP contribution in [0.1, 0.15) is 25.7 Å². The van der Waals surface area contributed by atoms with Crippen LogP contribution in [0.2, 0.25) is 0 Å². The third-order valence-electron chi connectivity index (χ3n) is 10.7. The number of hydrogen-bond acceptors (Lipinski definition) is 3. The van der Waals surface area contributed by atoms with E-state index in [4.69, 9.17) is 4.98 Å². The van der Waals surface area contributed by atoms with Crippen LogP contribution in [0.25, 0.3) is 77.5 Å². The second-order valence-electron chi connectivity index (χ2n) is 13.8. The lowest BCUT2D eigenvalue weighted by atomic mass is 10.0. The van der Waals surface area contributed by atoms with E-state index in [0.717, 1.165) is 57.3 Å². The molecule has 0 aliphatic heterocycles. The first-order valence-electron chi connectivity index (χ1n) is 18.2. The summed E-state index contributed by atoms with van der Waals surface area (Å²) < 4.78 is 31.2. The molecule has 9 aromatic rings. The van der Waals surface area contributed by atoms with Gasteiger partial charge >= 0.3 is 0 Å². The van der Waals surface area contributed by atoms with E-state index in [1.165, 1.54) is 45.9 Å². The van der Waals surface area contributed by atoms with Crippen molar-refractivity contribution < 1.29 is 8.42 Å². The molecular weight excluding hydrogens is 671 g/mol. The van der Waals surface area contributed by atoms with Gasteiger partial charge in [-0.05, 0) is 104 Å². The van der Waals surface area contributed by atoms with Gasteiger partial charge in [0.15, 0.2) is 0 Å². The number of allylic oxidation sites excluding steroid dienone is 2. The monoisotopic (exact) mass is 705 g/mol. The van der Waals surface area contributed by atoms with Crippen LogP contribution in [-0.2, 0) is 9.84 Å². The Balaban J connectivity index is 1.08. The zero-order chi connectivity index (χ0) is 35.5. The van der Waals surface area contributed by atoms with Crippen molar-refractivity contribution >= 4 is 59.1 Å². The number of benzene rings is 6. The molecule has 10 rings (SSSR count). The van der Waals surface area contributed by atoms with Gasteiger partial charge in [0.25, 0.3) is 0 Å².